The number of ketones is 1. The number of carbonyl (C=O) groups excluding carboxylic acids is 2. The highest BCUT2D eigenvalue weighted by Gasteiger charge is 2.33. The molecule has 1 saturated heterocycles. The summed E-state index contributed by atoms with van der Waals surface area (Å²) in [6.45, 7) is 17.2. The summed E-state index contributed by atoms with van der Waals surface area (Å²) in [6, 6.07) is 1.89. The van der Waals surface area contributed by atoms with E-state index in [4.69, 9.17) is 9.26 Å². The molecule has 1 aromatic rings. The molecule has 0 radical (unpaired) electrons. The second kappa shape index (κ2) is 9.33. The smallest absolute Gasteiger partial charge is 0.410 e. The topological polar surface area (TPSA) is 72.6 Å². The molecular formula is C23H38N2O4S. The summed E-state index contributed by atoms with van der Waals surface area (Å²) in [5.41, 5.74) is 0.0770. The second-order valence-corrected chi connectivity index (χ2v) is 12.4. The third kappa shape index (κ3) is 7.33. The monoisotopic (exact) mass is 438 g/mol. The highest BCUT2D eigenvalue weighted by Crippen LogP contribution is 2.32. The normalized spacial score (nSPS) is 18.4. The average Bonchev–Trinajstić information content (AvgIpc) is 3.08. The molecule has 0 aliphatic carbocycles. The van der Waals surface area contributed by atoms with Gasteiger partial charge < -0.3 is 14.2 Å². The zero-order chi connectivity index (χ0) is 22.7. The third-order valence-corrected chi connectivity index (χ3v) is 6.75. The van der Waals surface area contributed by atoms with Crippen molar-refractivity contribution in [3.63, 3.8) is 0 Å². The minimum absolute atomic E-state index is 0.125. The number of aromatic nitrogens is 1. The molecule has 1 atom stereocenters. The van der Waals surface area contributed by atoms with Gasteiger partial charge in [-0.25, -0.2) is 4.79 Å². The predicted molar refractivity (Wildman–Crippen MR) is 121 cm³/mol. The molecule has 1 fully saturated rings. The van der Waals surface area contributed by atoms with Crippen LogP contribution < -0.4 is 0 Å². The highest BCUT2D eigenvalue weighted by molar-refractivity contribution is 8.01. The Hall–Kier alpha value is -1.50. The molecule has 0 saturated carbocycles. The van der Waals surface area contributed by atoms with Gasteiger partial charge in [-0.15, -0.1) is 11.8 Å². The van der Waals surface area contributed by atoms with E-state index in [0.717, 1.165) is 30.9 Å². The quantitative estimate of drug-likeness (QED) is 0.604. The average molecular weight is 439 g/mol. The third-order valence-electron chi connectivity index (χ3n) is 5.16. The van der Waals surface area contributed by atoms with Gasteiger partial charge in [0.05, 0.1) is 16.9 Å². The highest BCUT2D eigenvalue weighted by atomic mass is 32.2. The number of amides is 1. The molecule has 0 spiro atoms. The van der Waals surface area contributed by atoms with Crippen LogP contribution in [0.1, 0.15) is 79.7 Å². The first-order chi connectivity index (χ1) is 13.7. The van der Waals surface area contributed by atoms with Crippen LogP contribution >= 0.6 is 11.8 Å². The van der Waals surface area contributed by atoms with E-state index in [1.807, 2.05) is 40.7 Å². The van der Waals surface area contributed by atoms with Crippen LogP contribution in [0.4, 0.5) is 4.79 Å². The fourth-order valence-corrected chi connectivity index (χ4v) is 4.38. The Morgan fingerprint density at radius 2 is 1.87 bits per heavy atom. The Morgan fingerprint density at radius 3 is 2.43 bits per heavy atom. The zero-order valence-corrected chi connectivity index (χ0v) is 20.6. The molecule has 1 amide bonds. The van der Waals surface area contributed by atoms with E-state index in [9.17, 15) is 9.59 Å². The van der Waals surface area contributed by atoms with Crippen LogP contribution in [0.2, 0.25) is 0 Å². The Balaban J connectivity index is 1.88. The van der Waals surface area contributed by atoms with Crippen LogP contribution in [0.5, 0.6) is 0 Å². The maximum atomic E-state index is 12.9. The molecule has 6 nitrogen and oxygen atoms in total. The Labute approximate surface area is 185 Å². The van der Waals surface area contributed by atoms with Gasteiger partial charge in [-0.05, 0) is 59.1 Å². The molecule has 0 bridgehead atoms. The van der Waals surface area contributed by atoms with Crippen molar-refractivity contribution in [3.8, 4) is 0 Å². The van der Waals surface area contributed by atoms with Gasteiger partial charge in [-0.2, -0.15) is 0 Å². The first-order valence-corrected chi connectivity index (χ1v) is 11.8. The molecular weight excluding hydrogens is 400 g/mol. The molecule has 0 aromatic carbocycles. The van der Waals surface area contributed by atoms with Crippen LogP contribution in [0, 0.1) is 5.92 Å². The van der Waals surface area contributed by atoms with Crippen molar-refractivity contribution in [1.29, 1.82) is 0 Å². The maximum Gasteiger partial charge on any atom is 0.410 e. The summed E-state index contributed by atoms with van der Waals surface area (Å²) in [4.78, 5) is 27.1. The number of hydrogen-bond acceptors (Lipinski definition) is 6. The summed E-state index contributed by atoms with van der Waals surface area (Å²) < 4.78 is 10.4. The zero-order valence-electron chi connectivity index (χ0n) is 19.8. The molecule has 2 rings (SSSR count). The number of carbonyl (C=O) groups is 2. The minimum Gasteiger partial charge on any atom is -0.444 e. The molecule has 170 valence electrons. The fraction of sp³-hybridized carbons (Fsp3) is 0.783. The van der Waals surface area contributed by atoms with E-state index in [2.05, 4.69) is 25.9 Å². The van der Waals surface area contributed by atoms with Crippen molar-refractivity contribution in [2.75, 3.05) is 18.8 Å². The fourth-order valence-electron chi connectivity index (χ4n) is 3.23. The molecule has 1 aliphatic heterocycles. The van der Waals surface area contributed by atoms with Crippen LogP contribution in [0.15, 0.2) is 10.6 Å². The maximum absolute atomic E-state index is 12.9. The van der Waals surface area contributed by atoms with Crippen molar-refractivity contribution in [1.82, 2.24) is 10.1 Å². The SMILES string of the molecule is CC(C)(C)OC(=O)N1CCCC(CSC(C)(C)C(=O)Cc2cc(C(C)(C)C)on2)C1. The molecule has 1 aromatic heterocycles. The van der Waals surface area contributed by atoms with E-state index >= 15 is 0 Å². The van der Waals surface area contributed by atoms with Gasteiger partial charge in [0.2, 0.25) is 0 Å². The Kier molecular flexibility index (Phi) is 7.70. The number of rotatable bonds is 6. The summed E-state index contributed by atoms with van der Waals surface area (Å²) in [5.74, 6) is 2.13. The number of thioether (sulfide) groups is 1. The van der Waals surface area contributed by atoms with Gasteiger partial charge >= 0.3 is 6.09 Å². The van der Waals surface area contributed by atoms with Gasteiger partial charge in [0.25, 0.3) is 0 Å². The van der Waals surface area contributed by atoms with E-state index in [1.165, 1.54) is 0 Å². The van der Waals surface area contributed by atoms with Crippen LogP contribution in [0.3, 0.4) is 0 Å². The van der Waals surface area contributed by atoms with Crippen LogP contribution in [0.25, 0.3) is 0 Å². The van der Waals surface area contributed by atoms with Crippen molar-refractivity contribution < 1.29 is 18.8 Å². The number of Topliss-reactive ketones (excluding diaryl/α,β-unsaturated/α-hetero) is 1. The summed E-state index contributed by atoms with van der Waals surface area (Å²) in [6.07, 6.45) is 2.06. The van der Waals surface area contributed by atoms with E-state index in [0.29, 0.717) is 18.2 Å². The molecule has 2 heterocycles. The van der Waals surface area contributed by atoms with Gasteiger partial charge in [-0.1, -0.05) is 25.9 Å². The lowest BCUT2D eigenvalue weighted by Crippen LogP contribution is -2.43. The molecule has 30 heavy (non-hydrogen) atoms. The van der Waals surface area contributed by atoms with E-state index < -0.39 is 10.3 Å². The minimum atomic E-state index is -0.519. The summed E-state index contributed by atoms with van der Waals surface area (Å²) in [5, 5.41) is 4.08. The van der Waals surface area contributed by atoms with E-state index in [1.54, 1.807) is 16.7 Å². The van der Waals surface area contributed by atoms with Gasteiger partial charge in [0.1, 0.15) is 11.4 Å². The second-order valence-electron chi connectivity index (χ2n) is 10.8. The lowest BCUT2D eigenvalue weighted by atomic mass is 9.92. The number of likely N-dealkylation sites (tertiary alicyclic amines) is 1. The van der Waals surface area contributed by atoms with Crippen molar-refractivity contribution >= 4 is 23.6 Å². The van der Waals surface area contributed by atoms with Gasteiger partial charge in [0.15, 0.2) is 5.78 Å². The largest absolute Gasteiger partial charge is 0.444 e. The molecule has 0 N–H and O–H groups in total. The molecule has 7 heteroatoms. The first-order valence-electron chi connectivity index (χ1n) is 10.8. The molecule has 1 aliphatic rings. The van der Waals surface area contributed by atoms with Crippen molar-refractivity contribution in [2.24, 2.45) is 5.92 Å². The van der Waals surface area contributed by atoms with Crippen LogP contribution in [-0.4, -0.2) is 51.1 Å². The molecule has 1 unspecified atom stereocenters. The van der Waals surface area contributed by atoms with Crippen molar-refractivity contribution in [3.05, 3.63) is 17.5 Å². The number of nitrogens with zero attached hydrogens (tertiary/aromatic N) is 2. The summed E-state index contributed by atoms with van der Waals surface area (Å²) in [7, 11) is 0. The number of piperidine rings is 1. The van der Waals surface area contributed by atoms with Crippen LogP contribution in [-0.2, 0) is 21.4 Å². The Bertz CT molecular complexity index is 743. The predicted octanol–water partition coefficient (Wildman–Crippen LogP) is 5.24. The van der Waals surface area contributed by atoms with Gasteiger partial charge in [-0.3, -0.25) is 4.79 Å². The lowest BCUT2D eigenvalue weighted by molar-refractivity contribution is -0.120. The van der Waals surface area contributed by atoms with E-state index in [-0.39, 0.29) is 23.7 Å². The standard InChI is InChI=1S/C23H38N2O4S/c1-21(2,3)19-13-17(24-29-19)12-18(26)23(7,8)30-15-16-10-9-11-25(14-16)20(27)28-22(4,5)6/h13,16H,9-12,14-15H2,1-8H3. The number of ether oxygens (including phenoxy) is 1. The Morgan fingerprint density at radius 1 is 1.20 bits per heavy atom. The van der Waals surface area contributed by atoms with Crippen molar-refractivity contribution in [2.45, 2.75) is 90.4 Å². The van der Waals surface area contributed by atoms with Gasteiger partial charge in [0, 0.05) is 24.6 Å². The summed E-state index contributed by atoms with van der Waals surface area (Å²) >= 11 is 1.67. The number of hydrogen-bond donors (Lipinski definition) is 0. The first kappa shape index (κ1) is 24.8. The lowest BCUT2D eigenvalue weighted by Gasteiger charge is -2.35.